The lowest BCUT2D eigenvalue weighted by Gasteiger charge is -2.20. The molecule has 0 aliphatic carbocycles. The Morgan fingerprint density at radius 3 is 2.45 bits per heavy atom. The highest BCUT2D eigenvalue weighted by Crippen LogP contribution is 2.27. The summed E-state index contributed by atoms with van der Waals surface area (Å²) in [6, 6.07) is 11.5. The number of para-hydroxylation sites is 1. The predicted octanol–water partition coefficient (Wildman–Crippen LogP) is 4.39. The van der Waals surface area contributed by atoms with Crippen molar-refractivity contribution in [1.82, 2.24) is 10.2 Å². The van der Waals surface area contributed by atoms with Crippen molar-refractivity contribution < 1.29 is 27.5 Å². The van der Waals surface area contributed by atoms with Crippen LogP contribution in [0.4, 0.5) is 23.7 Å². The zero-order chi connectivity index (χ0) is 21.6. The van der Waals surface area contributed by atoms with Crippen molar-refractivity contribution in [3.8, 4) is 5.75 Å². The molecule has 0 atom stereocenters. The van der Waals surface area contributed by atoms with Gasteiger partial charge in [0, 0.05) is 36.4 Å². The SMILES string of the molecule is CC(C)NC(=O)Nc1cccc(C(=O)N(C)Cc2ccccc2OC(F)(F)F)c1. The summed E-state index contributed by atoms with van der Waals surface area (Å²) in [5.74, 6) is -0.778. The molecule has 9 heteroatoms. The zero-order valence-electron chi connectivity index (χ0n) is 16.2. The van der Waals surface area contributed by atoms with Crippen LogP contribution in [0.3, 0.4) is 0 Å². The Hall–Kier alpha value is -3.23. The number of hydrogen-bond donors (Lipinski definition) is 2. The Morgan fingerprint density at radius 2 is 1.79 bits per heavy atom. The van der Waals surface area contributed by atoms with Crippen molar-refractivity contribution in [2.45, 2.75) is 32.8 Å². The quantitative estimate of drug-likeness (QED) is 0.744. The van der Waals surface area contributed by atoms with E-state index in [0.29, 0.717) is 5.69 Å². The molecule has 6 nitrogen and oxygen atoms in total. The largest absolute Gasteiger partial charge is 0.573 e. The first-order valence-electron chi connectivity index (χ1n) is 8.82. The fourth-order valence-electron chi connectivity index (χ4n) is 2.57. The first-order valence-corrected chi connectivity index (χ1v) is 8.82. The number of alkyl halides is 3. The van der Waals surface area contributed by atoms with Crippen LogP contribution < -0.4 is 15.4 Å². The van der Waals surface area contributed by atoms with Crippen molar-refractivity contribution in [3.05, 3.63) is 59.7 Å². The van der Waals surface area contributed by atoms with Gasteiger partial charge in [0.05, 0.1) is 0 Å². The van der Waals surface area contributed by atoms with Crippen LogP contribution in [-0.2, 0) is 6.54 Å². The third-order valence-corrected chi connectivity index (χ3v) is 3.74. The van der Waals surface area contributed by atoms with Gasteiger partial charge in [0.1, 0.15) is 5.75 Å². The summed E-state index contributed by atoms with van der Waals surface area (Å²) in [5, 5.41) is 5.30. The smallest absolute Gasteiger partial charge is 0.405 e. The lowest BCUT2D eigenvalue weighted by Crippen LogP contribution is -2.34. The van der Waals surface area contributed by atoms with Crippen molar-refractivity contribution in [2.75, 3.05) is 12.4 Å². The van der Waals surface area contributed by atoms with Crippen LogP contribution in [0, 0.1) is 0 Å². The molecule has 0 radical (unpaired) electrons. The topological polar surface area (TPSA) is 70.7 Å². The average Bonchev–Trinajstić information content (AvgIpc) is 2.61. The molecule has 2 N–H and O–H groups in total. The number of halogens is 3. The van der Waals surface area contributed by atoms with E-state index in [-0.39, 0.29) is 29.5 Å². The van der Waals surface area contributed by atoms with Crippen LogP contribution in [0.5, 0.6) is 5.75 Å². The second kappa shape index (κ2) is 9.31. The molecule has 0 saturated heterocycles. The summed E-state index contributed by atoms with van der Waals surface area (Å²) in [5.41, 5.74) is 0.915. The summed E-state index contributed by atoms with van der Waals surface area (Å²) >= 11 is 0. The minimum Gasteiger partial charge on any atom is -0.405 e. The molecule has 0 bridgehead atoms. The third-order valence-electron chi connectivity index (χ3n) is 3.74. The number of rotatable bonds is 6. The Labute approximate surface area is 166 Å². The zero-order valence-corrected chi connectivity index (χ0v) is 16.2. The van der Waals surface area contributed by atoms with Crippen LogP contribution in [-0.4, -0.2) is 36.3 Å². The van der Waals surface area contributed by atoms with E-state index in [9.17, 15) is 22.8 Å². The number of hydrogen-bond acceptors (Lipinski definition) is 3. The van der Waals surface area contributed by atoms with Crippen molar-refractivity contribution in [3.63, 3.8) is 0 Å². The number of carbonyl (C=O) groups excluding carboxylic acids is 2. The first kappa shape index (κ1) is 22.1. The van der Waals surface area contributed by atoms with Gasteiger partial charge in [-0.1, -0.05) is 24.3 Å². The third kappa shape index (κ3) is 7.02. The summed E-state index contributed by atoms with van der Waals surface area (Å²) in [6.45, 7) is 3.54. The predicted molar refractivity (Wildman–Crippen MR) is 103 cm³/mol. The molecular weight excluding hydrogens is 387 g/mol. The maximum atomic E-state index is 12.7. The number of amides is 3. The number of nitrogens with zero attached hydrogens (tertiary/aromatic N) is 1. The Bertz CT molecular complexity index is 869. The molecule has 2 aromatic rings. The van der Waals surface area contributed by atoms with E-state index < -0.39 is 18.3 Å². The molecule has 0 saturated carbocycles. The molecule has 0 aliphatic rings. The Morgan fingerprint density at radius 1 is 1.10 bits per heavy atom. The van der Waals surface area contributed by atoms with Crippen LogP contribution >= 0.6 is 0 Å². The van der Waals surface area contributed by atoms with Gasteiger partial charge >= 0.3 is 12.4 Å². The molecule has 0 aromatic heterocycles. The highest BCUT2D eigenvalue weighted by atomic mass is 19.4. The van der Waals surface area contributed by atoms with Gasteiger partial charge in [-0.2, -0.15) is 0 Å². The molecule has 0 fully saturated rings. The van der Waals surface area contributed by atoms with Gasteiger partial charge in [0.2, 0.25) is 0 Å². The molecule has 0 unspecified atom stereocenters. The van der Waals surface area contributed by atoms with Crippen molar-refractivity contribution >= 4 is 17.6 Å². The number of benzene rings is 2. The van der Waals surface area contributed by atoms with Gasteiger partial charge in [-0.05, 0) is 38.1 Å². The lowest BCUT2D eigenvalue weighted by molar-refractivity contribution is -0.275. The van der Waals surface area contributed by atoms with Crippen LogP contribution in [0.1, 0.15) is 29.8 Å². The highest BCUT2D eigenvalue weighted by Gasteiger charge is 2.32. The van der Waals surface area contributed by atoms with E-state index >= 15 is 0 Å². The van der Waals surface area contributed by atoms with Gasteiger partial charge in [0.25, 0.3) is 5.91 Å². The van der Waals surface area contributed by atoms with Crippen molar-refractivity contribution in [2.24, 2.45) is 0 Å². The molecule has 156 valence electrons. The molecule has 0 heterocycles. The van der Waals surface area contributed by atoms with Gasteiger partial charge in [-0.15, -0.1) is 13.2 Å². The minimum absolute atomic E-state index is 0.0510. The average molecular weight is 409 g/mol. The fraction of sp³-hybridized carbons (Fsp3) is 0.300. The van der Waals surface area contributed by atoms with E-state index in [4.69, 9.17) is 0 Å². The number of urea groups is 1. The van der Waals surface area contributed by atoms with E-state index in [1.807, 2.05) is 13.8 Å². The molecule has 2 rings (SSSR count). The number of carbonyl (C=O) groups is 2. The number of anilines is 1. The van der Waals surface area contributed by atoms with Crippen molar-refractivity contribution in [1.29, 1.82) is 0 Å². The lowest BCUT2D eigenvalue weighted by atomic mass is 10.1. The van der Waals surface area contributed by atoms with Gasteiger partial charge < -0.3 is 20.3 Å². The van der Waals surface area contributed by atoms with E-state index in [1.165, 1.54) is 36.2 Å². The minimum atomic E-state index is -4.82. The Kier molecular flexibility index (Phi) is 7.08. The summed E-state index contributed by atoms with van der Waals surface area (Å²) < 4.78 is 41.7. The van der Waals surface area contributed by atoms with Gasteiger partial charge in [-0.3, -0.25) is 4.79 Å². The van der Waals surface area contributed by atoms with Gasteiger partial charge in [-0.25, -0.2) is 4.79 Å². The molecule has 0 aliphatic heterocycles. The molecule has 0 spiro atoms. The van der Waals surface area contributed by atoms with E-state index in [0.717, 1.165) is 0 Å². The summed E-state index contributed by atoms with van der Waals surface area (Å²) in [7, 11) is 1.47. The van der Waals surface area contributed by atoms with Crippen LogP contribution in [0.2, 0.25) is 0 Å². The number of ether oxygens (including phenoxy) is 1. The normalized spacial score (nSPS) is 11.1. The van der Waals surface area contributed by atoms with E-state index in [1.54, 1.807) is 24.3 Å². The molecule has 29 heavy (non-hydrogen) atoms. The maximum Gasteiger partial charge on any atom is 0.573 e. The highest BCUT2D eigenvalue weighted by molar-refractivity contribution is 5.96. The van der Waals surface area contributed by atoms with E-state index in [2.05, 4.69) is 15.4 Å². The first-order chi connectivity index (χ1) is 13.5. The number of nitrogens with one attached hydrogen (secondary N) is 2. The molecular formula is C20H22F3N3O3. The molecule has 3 amide bonds. The van der Waals surface area contributed by atoms with Gasteiger partial charge in [0.15, 0.2) is 0 Å². The Balaban J connectivity index is 2.11. The fourth-order valence-corrected chi connectivity index (χ4v) is 2.57. The second-order valence-electron chi connectivity index (χ2n) is 6.65. The maximum absolute atomic E-state index is 12.7. The monoisotopic (exact) mass is 409 g/mol. The standard InChI is InChI=1S/C20H22F3N3O3/c1-13(2)24-19(28)25-16-9-6-8-14(11-16)18(27)26(3)12-15-7-4-5-10-17(15)29-20(21,22)23/h4-11,13H,12H2,1-3H3,(H2,24,25,28). The molecule has 2 aromatic carbocycles. The second-order valence-corrected chi connectivity index (χ2v) is 6.65. The van der Waals surface area contributed by atoms with Crippen LogP contribution in [0.25, 0.3) is 0 Å². The summed E-state index contributed by atoms with van der Waals surface area (Å²) in [6.07, 6.45) is -4.82. The van der Waals surface area contributed by atoms with Crippen LogP contribution in [0.15, 0.2) is 48.5 Å². The summed E-state index contributed by atoms with van der Waals surface area (Å²) in [4.78, 5) is 25.8.